The Morgan fingerprint density at radius 3 is 2.50 bits per heavy atom. The molecule has 2 rings (SSSR count). The van der Waals surface area contributed by atoms with E-state index in [4.69, 9.17) is 22.1 Å². The summed E-state index contributed by atoms with van der Waals surface area (Å²) in [5.74, 6) is 0.780. The van der Waals surface area contributed by atoms with Crippen LogP contribution in [0.2, 0.25) is 5.02 Å². The number of nitrogens with zero attached hydrogens (tertiary/aromatic N) is 1. The van der Waals surface area contributed by atoms with E-state index < -0.39 is 0 Å². The molecule has 3 nitrogen and oxygen atoms in total. The first-order valence-corrected chi connectivity index (χ1v) is 6.72. The molecule has 0 amide bonds. The van der Waals surface area contributed by atoms with Crippen LogP contribution in [0.25, 0.3) is 11.3 Å². The number of aryl methyl sites for hydroxylation is 2. The van der Waals surface area contributed by atoms with Crippen molar-refractivity contribution in [2.75, 3.05) is 12.8 Å². The maximum absolute atomic E-state index is 6.31. The molecule has 0 aliphatic rings. The Bertz CT molecular complexity index is 608. The second kappa shape index (κ2) is 4.78. The fourth-order valence-electron chi connectivity index (χ4n) is 2.03. The molecule has 0 fully saturated rings. The lowest BCUT2D eigenvalue weighted by molar-refractivity contribution is 0.415. The van der Waals surface area contributed by atoms with Crippen LogP contribution in [-0.2, 0) is 0 Å². The Morgan fingerprint density at radius 2 is 2.00 bits per heavy atom. The van der Waals surface area contributed by atoms with Gasteiger partial charge in [0, 0.05) is 15.5 Å². The van der Waals surface area contributed by atoms with Gasteiger partial charge in [-0.25, -0.2) is 4.98 Å². The molecule has 2 aromatic rings. The number of ether oxygens (including phenoxy) is 1. The lowest BCUT2D eigenvalue weighted by Crippen LogP contribution is -1.96. The second-order valence-corrected chi connectivity index (χ2v) is 5.78. The van der Waals surface area contributed by atoms with Crippen LogP contribution in [0, 0.1) is 20.8 Å². The molecule has 5 heteroatoms. The summed E-state index contributed by atoms with van der Waals surface area (Å²) in [7, 11) is 1.65. The third-order valence-corrected chi connectivity index (χ3v) is 4.30. The maximum atomic E-state index is 6.31. The Kier molecular flexibility index (Phi) is 3.50. The van der Waals surface area contributed by atoms with E-state index in [2.05, 4.69) is 4.98 Å². The van der Waals surface area contributed by atoms with Crippen LogP contribution in [0.1, 0.15) is 16.0 Å². The van der Waals surface area contributed by atoms with E-state index in [9.17, 15) is 0 Å². The topological polar surface area (TPSA) is 48.1 Å². The maximum Gasteiger partial charge on any atom is 0.180 e. The van der Waals surface area contributed by atoms with Gasteiger partial charge in [-0.3, -0.25) is 0 Å². The van der Waals surface area contributed by atoms with Crippen molar-refractivity contribution in [3.8, 4) is 17.0 Å². The van der Waals surface area contributed by atoms with Crippen molar-refractivity contribution in [3.63, 3.8) is 0 Å². The van der Waals surface area contributed by atoms with Gasteiger partial charge in [0.15, 0.2) is 5.13 Å². The fraction of sp³-hybridized carbons (Fsp3) is 0.308. The summed E-state index contributed by atoms with van der Waals surface area (Å²) in [5, 5.41) is 1.30. The van der Waals surface area contributed by atoms with Crippen molar-refractivity contribution < 1.29 is 4.74 Å². The SMILES string of the molecule is COc1cc(C)c(Cl)c(C)c1-c1nc(N)sc1C. The number of aromatic nitrogens is 1. The van der Waals surface area contributed by atoms with Crippen LogP contribution in [0.5, 0.6) is 5.75 Å². The molecule has 1 aromatic heterocycles. The molecular formula is C13H15ClN2OS. The molecule has 0 atom stereocenters. The summed E-state index contributed by atoms with van der Waals surface area (Å²) in [4.78, 5) is 5.44. The molecule has 1 aromatic carbocycles. The number of nitrogens with two attached hydrogens (primary N) is 1. The van der Waals surface area contributed by atoms with Crippen LogP contribution >= 0.6 is 22.9 Å². The molecule has 0 aliphatic carbocycles. The zero-order chi connectivity index (χ0) is 13.4. The first-order chi connectivity index (χ1) is 8.45. The monoisotopic (exact) mass is 282 g/mol. The number of thiazole rings is 1. The minimum atomic E-state index is 0.556. The Balaban J connectivity index is 2.77. The normalized spacial score (nSPS) is 10.7. The number of rotatable bonds is 2. The molecule has 1 heterocycles. The van der Waals surface area contributed by atoms with Gasteiger partial charge in [0.1, 0.15) is 5.75 Å². The number of nitrogen functional groups attached to an aromatic ring is 1. The quantitative estimate of drug-likeness (QED) is 0.906. The number of hydrogen-bond donors (Lipinski definition) is 1. The molecule has 0 aliphatic heterocycles. The van der Waals surface area contributed by atoms with Gasteiger partial charge in [0.05, 0.1) is 12.8 Å². The van der Waals surface area contributed by atoms with Crippen molar-refractivity contribution >= 4 is 28.1 Å². The molecule has 0 bridgehead atoms. The van der Waals surface area contributed by atoms with Gasteiger partial charge in [-0.05, 0) is 38.0 Å². The lowest BCUT2D eigenvalue weighted by Gasteiger charge is -2.14. The summed E-state index contributed by atoms with van der Waals surface area (Å²) < 4.78 is 5.45. The fourth-order valence-corrected chi connectivity index (χ4v) is 2.87. The standard InChI is InChI=1S/C13H15ClN2OS/c1-6-5-9(17-4)10(7(2)11(6)14)12-8(3)18-13(15)16-12/h5H,1-4H3,(H2,15,16). The van der Waals surface area contributed by atoms with Crippen LogP contribution in [0.4, 0.5) is 5.13 Å². The minimum Gasteiger partial charge on any atom is -0.496 e. The van der Waals surface area contributed by atoms with Crippen LogP contribution in [0.15, 0.2) is 6.07 Å². The summed E-state index contributed by atoms with van der Waals surface area (Å²) >= 11 is 7.78. The predicted octanol–water partition coefficient (Wildman–Crippen LogP) is 3.98. The van der Waals surface area contributed by atoms with E-state index in [1.165, 1.54) is 11.3 Å². The van der Waals surface area contributed by atoms with Gasteiger partial charge in [-0.1, -0.05) is 11.6 Å². The molecule has 2 N–H and O–H groups in total. The Hall–Kier alpha value is -1.26. The highest BCUT2D eigenvalue weighted by Gasteiger charge is 2.19. The third-order valence-electron chi connectivity index (χ3n) is 2.91. The van der Waals surface area contributed by atoms with Crippen molar-refractivity contribution in [2.24, 2.45) is 0 Å². The second-order valence-electron chi connectivity index (χ2n) is 4.17. The van der Waals surface area contributed by atoms with E-state index in [1.807, 2.05) is 26.8 Å². The highest BCUT2D eigenvalue weighted by molar-refractivity contribution is 7.15. The highest BCUT2D eigenvalue weighted by atomic mass is 35.5. The average molecular weight is 283 g/mol. The molecular weight excluding hydrogens is 268 g/mol. The molecule has 0 saturated heterocycles. The molecule has 0 spiro atoms. The highest BCUT2D eigenvalue weighted by Crippen LogP contribution is 2.41. The lowest BCUT2D eigenvalue weighted by atomic mass is 10.0. The van der Waals surface area contributed by atoms with Gasteiger partial charge < -0.3 is 10.5 Å². The smallest absolute Gasteiger partial charge is 0.180 e. The van der Waals surface area contributed by atoms with E-state index in [1.54, 1.807) is 7.11 Å². The zero-order valence-corrected chi connectivity index (χ0v) is 12.4. The van der Waals surface area contributed by atoms with Gasteiger partial charge in [-0.15, -0.1) is 11.3 Å². The third kappa shape index (κ3) is 2.06. The number of hydrogen-bond acceptors (Lipinski definition) is 4. The molecule has 18 heavy (non-hydrogen) atoms. The van der Waals surface area contributed by atoms with E-state index >= 15 is 0 Å². The molecule has 96 valence electrons. The van der Waals surface area contributed by atoms with Gasteiger partial charge in [0.25, 0.3) is 0 Å². The molecule has 0 saturated carbocycles. The zero-order valence-electron chi connectivity index (χ0n) is 10.8. The van der Waals surface area contributed by atoms with E-state index in [0.29, 0.717) is 5.13 Å². The summed E-state index contributed by atoms with van der Waals surface area (Å²) in [6, 6.07) is 1.93. The van der Waals surface area contributed by atoms with Crippen molar-refractivity contribution in [1.82, 2.24) is 4.98 Å². The van der Waals surface area contributed by atoms with Crippen molar-refractivity contribution in [2.45, 2.75) is 20.8 Å². The Labute approximate surface area is 116 Å². The van der Waals surface area contributed by atoms with Gasteiger partial charge in [0.2, 0.25) is 0 Å². The number of anilines is 1. The van der Waals surface area contributed by atoms with E-state index in [-0.39, 0.29) is 0 Å². The summed E-state index contributed by atoms with van der Waals surface area (Å²) in [6.07, 6.45) is 0. The molecule has 0 unspecified atom stereocenters. The largest absolute Gasteiger partial charge is 0.496 e. The van der Waals surface area contributed by atoms with Crippen LogP contribution < -0.4 is 10.5 Å². The minimum absolute atomic E-state index is 0.556. The summed E-state index contributed by atoms with van der Waals surface area (Å²) in [6.45, 7) is 5.93. The molecule has 0 radical (unpaired) electrons. The van der Waals surface area contributed by atoms with Crippen LogP contribution in [-0.4, -0.2) is 12.1 Å². The van der Waals surface area contributed by atoms with Crippen molar-refractivity contribution in [3.05, 3.63) is 27.1 Å². The average Bonchev–Trinajstić information content (AvgIpc) is 2.64. The first-order valence-electron chi connectivity index (χ1n) is 5.52. The number of halogens is 1. The Morgan fingerprint density at radius 1 is 1.33 bits per heavy atom. The number of methoxy groups -OCH3 is 1. The summed E-state index contributed by atoms with van der Waals surface area (Å²) in [5.41, 5.74) is 9.51. The van der Waals surface area contributed by atoms with E-state index in [0.717, 1.165) is 38.0 Å². The van der Waals surface area contributed by atoms with Crippen molar-refractivity contribution in [1.29, 1.82) is 0 Å². The van der Waals surface area contributed by atoms with Crippen LogP contribution in [0.3, 0.4) is 0 Å². The van der Waals surface area contributed by atoms with Gasteiger partial charge in [-0.2, -0.15) is 0 Å². The predicted molar refractivity (Wildman–Crippen MR) is 77.7 cm³/mol. The first kappa shape index (κ1) is 13.2. The number of benzene rings is 1. The van der Waals surface area contributed by atoms with Gasteiger partial charge >= 0.3 is 0 Å².